The topological polar surface area (TPSA) is 71.3 Å². The lowest BCUT2D eigenvalue weighted by Gasteiger charge is -2.20. The fourth-order valence-electron chi connectivity index (χ4n) is 3.65. The van der Waals surface area contributed by atoms with Crippen LogP contribution >= 0.6 is 0 Å². The van der Waals surface area contributed by atoms with Gasteiger partial charge in [-0.25, -0.2) is 9.97 Å². The predicted molar refractivity (Wildman–Crippen MR) is 114 cm³/mol. The summed E-state index contributed by atoms with van der Waals surface area (Å²) in [5, 5.41) is 2.88. The van der Waals surface area contributed by atoms with E-state index in [9.17, 15) is 4.79 Å². The molecule has 1 aliphatic rings. The third-order valence-electron chi connectivity index (χ3n) is 5.14. The van der Waals surface area contributed by atoms with E-state index in [0.717, 1.165) is 30.0 Å². The average molecular weight is 396 g/mol. The van der Waals surface area contributed by atoms with E-state index >= 15 is 0 Å². The van der Waals surface area contributed by atoms with Gasteiger partial charge in [0.2, 0.25) is 0 Å². The highest BCUT2D eigenvalue weighted by molar-refractivity contribution is 5.93. The Labute approximate surface area is 174 Å². The largest absolute Gasteiger partial charge is 0.467 e. The first-order valence-corrected chi connectivity index (χ1v) is 9.88. The van der Waals surface area contributed by atoms with Crippen molar-refractivity contribution in [2.24, 2.45) is 0 Å². The molecule has 5 rings (SSSR count). The number of nitrogens with zero attached hydrogens (tertiary/aromatic N) is 3. The van der Waals surface area contributed by atoms with Crippen molar-refractivity contribution in [1.29, 1.82) is 0 Å². The number of hydrogen-bond donors (Lipinski definition) is 1. The number of benzene rings is 2. The van der Waals surface area contributed by atoms with Crippen molar-refractivity contribution in [2.75, 3.05) is 11.4 Å². The molecule has 0 unspecified atom stereocenters. The SMILES string of the molecule is O=C(NCc1ccco1)c1cc(N2CCc3ccccc32)nc(-c2ccccc2)n1. The molecule has 0 saturated heterocycles. The molecule has 2 aromatic heterocycles. The van der Waals surface area contributed by atoms with E-state index in [-0.39, 0.29) is 5.91 Å². The van der Waals surface area contributed by atoms with Gasteiger partial charge in [0.1, 0.15) is 17.3 Å². The fourth-order valence-corrected chi connectivity index (χ4v) is 3.65. The molecular formula is C24H20N4O2. The molecule has 6 nitrogen and oxygen atoms in total. The van der Waals surface area contributed by atoms with Crippen LogP contribution in [-0.2, 0) is 13.0 Å². The number of para-hydroxylation sites is 1. The van der Waals surface area contributed by atoms with Crippen LogP contribution in [0.5, 0.6) is 0 Å². The van der Waals surface area contributed by atoms with E-state index in [0.29, 0.717) is 23.8 Å². The molecule has 1 amide bonds. The van der Waals surface area contributed by atoms with Crippen LogP contribution in [-0.4, -0.2) is 22.4 Å². The van der Waals surface area contributed by atoms with Gasteiger partial charge in [0.15, 0.2) is 5.82 Å². The summed E-state index contributed by atoms with van der Waals surface area (Å²) in [6, 6.07) is 23.4. The number of carbonyl (C=O) groups excluding carboxylic acids is 1. The minimum atomic E-state index is -0.264. The minimum absolute atomic E-state index is 0.264. The van der Waals surface area contributed by atoms with Crippen molar-refractivity contribution in [2.45, 2.75) is 13.0 Å². The van der Waals surface area contributed by atoms with Crippen molar-refractivity contribution in [3.8, 4) is 11.4 Å². The predicted octanol–water partition coefficient (Wildman–Crippen LogP) is 4.36. The lowest BCUT2D eigenvalue weighted by molar-refractivity contribution is 0.0943. The number of anilines is 2. The molecule has 4 aromatic rings. The van der Waals surface area contributed by atoms with Gasteiger partial charge in [-0.15, -0.1) is 0 Å². The Bertz CT molecular complexity index is 1170. The molecule has 0 radical (unpaired) electrons. The molecule has 2 aromatic carbocycles. The van der Waals surface area contributed by atoms with Crippen LogP contribution in [0.4, 0.5) is 11.5 Å². The Kier molecular flexibility index (Phi) is 4.73. The summed E-state index contributed by atoms with van der Waals surface area (Å²) in [6.45, 7) is 1.12. The maximum Gasteiger partial charge on any atom is 0.270 e. The Morgan fingerprint density at radius 2 is 1.83 bits per heavy atom. The number of furan rings is 1. The van der Waals surface area contributed by atoms with Crippen LogP contribution in [0.15, 0.2) is 83.5 Å². The van der Waals surface area contributed by atoms with Crippen molar-refractivity contribution in [1.82, 2.24) is 15.3 Å². The van der Waals surface area contributed by atoms with E-state index in [4.69, 9.17) is 9.40 Å². The first-order valence-electron chi connectivity index (χ1n) is 9.88. The van der Waals surface area contributed by atoms with Gasteiger partial charge in [-0.2, -0.15) is 0 Å². The molecule has 0 fully saturated rings. The highest BCUT2D eigenvalue weighted by Crippen LogP contribution is 2.34. The van der Waals surface area contributed by atoms with E-state index in [1.54, 1.807) is 18.4 Å². The number of aromatic nitrogens is 2. The molecule has 148 valence electrons. The van der Waals surface area contributed by atoms with Crippen molar-refractivity contribution < 1.29 is 9.21 Å². The second-order valence-electron chi connectivity index (χ2n) is 7.09. The molecule has 1 aliphatic heterocycles. The van der Waals surface area contributed by atoms with Crippen molar-refractivity contribution in [3.05, 3.63) is 96.1 Å². The molecular weight excluding hydrogens is 376 g/mol. The average Bonchev–Trinajstić information content (AvgIpc) is 3.48. The van der Waals surface area contributed by atoms with Gasteiger partial charge in [-0.3, -0.25) is 4.79 Å². The summed E-state index contributed by atoms with van der Waals surface area (Å²) in [7, 11) is 0. The Hall–Kier alpha value is -3.93. The first kappa shape index (κ1) is 18.1. The second kappa shape index (κ2) is 7.83. The minimum Gasteiger partial charge on any atom is -0.467 e. The smallest absolute Gasteiger partial charge is 0.270 e. The number of rotatable bonds is 5. The molecule has 6 heteroatoms. The Balaban J connectivity index is 1.52. The molecule has 0 saturated carbocycles. The van der Waals surface area contributed by atoms with Crippen LogP contribution in [0.3, 0.4) is 0 Å². The molecule has 0 atom stereocenters. The maximum absolute atomic E-state index is 12.9. The van der Waals surface area contributed by atoms with Crippen LogP contribution in [0.2, 0.25) is 0 Å². The zero-order chi connectivity index (χ0) is 20.3. The molecule has 3 heterocycles. The fraction of sp³-hybridized carbons (Fsp3) is 0.125. The normalized spacial score (nSPS) is 12.6. The van der Waals surface area contributed by atoms with Gasteiger partial charge >= 0.3 is 0 Å². The van der Waals surface area contributed by atoms with Gasteiger partial charge in [-0.05, 0) is 30.2 Å². The lowest BCUT2D eigenvalue weighted by atomic mass is 10.2. The Morgan fingerprint density at radius 1 is 1.00 bits per heavy atom. The van der Waals surface area contributed by atoms with Gasteiger partial charge in [-0.1, -0.05) is 48.5 Å². The molecule has 1 N–H and O–H groups in total. The number of fused-ring (bicyclic) bond motifs is 1. The van der Waals surface area contributed by atoms with E-state index in [1.807, 2.05) is 48.5 Å². The van der Waals surface area contributed by atoms with Crippen molar-refractivity contribution >= 4 is 17.4 Å². The van der Waals surface area contributed by atoms with Gasteiger partial charge in [0.25, 0.3) is 5.91 Å². The van der Waals surface area contributed by atoms with Crippen molar-refractivity contribution in [3.63, 3.8) is 0 Å². The maximum atomic E-state index is 12.9. The standard InChI is InChI=1S/C24H20N4O2/c29-24(25-16-19-10-6-14-30-19)20-15-22(27-23(26-20)18-8-2-1-3-9-18)28-13-12-17-7-4-5-11-21(17)28/h1-11,14-15H,12-13,16H2,(H,25,29). The zero-order valence-electron chi connectivity index (χ0n) is 16.3. The van der Waals surface area contributed by atoms with E-state index < -0.39 is 0 Å². The summed E-state index contributed by atoms with van der Waals surface area (Å²) in [4.78, 5) is 24.4. The molecule has 0 aliphatic carbocycles. The number of nitrogens with one attached hydrogen (secondary N) is 1. The highest BCUT2D eigenvalue weighted by Gasteiger charge is 2.23. The number of hydrogen-bond acceptors (Lipinski definition) is 5. The first-order chi connectivity index (χ1) is 14.8. The highest BCUT2D eigenvalue weighted by atomic mass is 16.3. The Morgan fingerprint density at radius 3 is 2.67 bits per heavy atom. The summed E-state index contributed by atoms with van der Waals surface area (Å²) < 4.78 is 5.30. The number of carbonyl (C=O) groups is 1. The summed E-state index contributed by atoms with van der Waals surface area (Å²) >= 11 is 0. The van der Waals surface area contributed by atoms with Crippen LogP contribution < -0.4 is 10.2 Å². The molecule has 0 bridgehead atoms. The molecule has 0 spiro atoms. The summed E-state index contributed by atoms with van der Waals surface area (Å²) in [5.41, 5.74) is 3.60. The van der Waals surface area contributed by atoms with Crippen LogP contribution in [0.1, 0.15) is 21.8 Å². The second-order valence-corrected chi connectivity index (χ2v) is 7.09. The van der Waals surface area contributed by atoms with Crippen LogP contribution in [0.25, 0.3) is 11.4 Å². The van der Waals surface area contributed by atoms with Gasteiger partial charge < -0.3 is 14.6 Å². The zero-order valence-corrected chi connectivity index (χ0v) is 16.3. The summed E-state index contributed by atoms with van der Waals surface area (Å²) in [6.07, 6.45) is 2.53. The quantitative estimate of drug-likeness (QED) is 0.543. The molecule has 30 heavy (non-hydrogen) atoms. The number of amides is 1. The monoisotopic (exact) mass is 396 g/mol. The van der Waals surface area contributed by atoms with E-state index in [2.05, 4.69) is 27.3 Å². The van der Waals surface area contributed by atoms with Gasteiger partial charge in [0.05, 0.1) is 12.8 Å². The van der Waals surface area contributed by atoms with E-state index in [1.165, 1.54) is 5.56 Å². The lowest BCUT2D eigenvalue weighted by Crippen LogP contribution is -2.25. The van der Waals surface area contributed by atoms with Crippen LogP contribution in [0, 0.1) is 0 Å². The summed E-state index contributed by atoms with van der Waals surface area (Å²) in [5.74, 6) is 1.67. The third kappa shape index (κ3) is 3.55. The van der Waals surface area contributed by atoms with Gasteiger partial charge in [0, 0.05) is 23.9 Å². The third-order valence-corrected chi connectivity index (χ3v) is 5.14.